The van der Waals surface area contributed by atoms with Crippen molar-refractivity contribution in [2.24, 2.45) is 5.92 Å². The lowest BCUT2D eigenvalue weighted by atomic mass is 9.94. The van der Waals surface area contributed by atoms with E-state index >= 15 is 0 Å². The maximum absolute atomic E-state index is 13.5. The molecule has 3 saturated heterocycles. The number of likely N-dealkylation sites (tertiary alicyclic amines) is 2. The van der Waals surface area contributed by atoms with Crippen LogP contribution in [0.3, 0.4) is 0 Å². The Bertz CT molecular complexity index is 1010. The van der Waals surface area contributed by atoms with E-state index in [9.17, 15) is 4.79 Å². The summed E-state index contributed by atoms with van der Waals surface area (Å²) in [5.74, 6) is 2.49. The first-order valence-corrected chi connectivity index (χ1v) is 13.8. The number of aromatic nitrogens is 4. The van der Waals surface area contributed by atoms with Crippen molar-refractivity contribution >= 4 is 22.9 Å². The minimum Gasteiger partial charge on any atom is -0.354 e. The Balaban J connectivity index is 1.13. The van der Waals surface area contributed by atoms with Gasteiger partial charge < -0.3 is 19.3 Å². The Morgan fingerprint density at radius 3 is 2.47 bits per heavy atom. The van der Waals surface area contributed by atoms with Crippen LogP contribution < -0.4 is 4.90 Å². The highest BCUT2D eigenvalue weighted by Gasteiger charge is 2.34. The van der Waals surface area contributed by atoms with E-state index in [0.717, 1.165) is 87.6 Å². The highest BCUT2D eigenvalue weighted by molar-refractivity contribution is 5.85. The lowest BCUT2D eigenvalue weighted by Crippen LogP contribution is -2.51. The molecule has 6 heterocycles. The third-order valence-electron chi connectivity index (χ3n) is 8.63. The third-order valence-corrected chi connectivity index (χ3v) is 8.63. The van der Waals surface area contributed by atoms with Crippen molar-refractivity contribution in [2.75, 3.05) is 44.2 Å². The number of carbonyl (C=O) groups excluding carboxylic acids is 1. The lowest BCUT2D eigenvalue weighted by molar-refractivity contribution is -0.137. The first kappa shape index (κ1) is 22.3. The second-order valence-electron chi connectivity index (χ2n) is 10.8. The molecule has 0 aromatic carbocycles. The fourth-order valence-electron chi connectivity index (χ4n) is 6.72. The molecular weight excluding hydrogens is 426 g/mol. The summed E-state index contributed by atoms with van der Waals surface area (Å²) in [5.41, 5.74) is 1.89. The SMILES string of the molecule is O=C([C@H]1CCCN(c2ncnc3c2nc2n3CCCCC2)C1)N1CCC(N2CCCCC2)CC1. The summed E-state index contributed by atoms with van der Waals surface area (Å²) in [7, 11) is 0. The highest BCUT2D eigenvalue weighted by atomic mass is 16.2. The minimum atomic E-state index is 0.0609. The fraction of sp³-hybridized carbons (Fsp3) is 0.769. The zero-order chi connectivity index (χ0) is 22.9. The van der Waals surface area contributed by atoms with Gasteiger partial charge in [-0.1, -0.05) is 12.8 Å². The van der Waals surface area contributed by atoms with Crippen molar-refractivity contribution in [1.29, 1.82) is 0 Å². The fourth-order valence-corrected chi connectivity index (χ4v) is 6.72. The van der Waals surface area contributed by atoms with E-state index in [4.69, 9.17) is 4.98 Å². The number of hydrogen-bond donors (Lipinski definition) is 0. The molecule has 184 valence electrons. The van der Waals surface area contributed by atoms with Crippen LogP contribution in [0.1, 0.15) is 70.0 Å². The number of aryl methyl sites for hydroxylation is 2. The number of hydrogen-bond acceptors (Lipinski definition) is 6. The predicted octanol–water partition coefficient (Wildman–Crippen LogP) is 3.25. The van der Waals surface area contributed by atoms with Crippen LogP contribution >= 0.6 is 0 Å². The van der Waals surface area contributed by atoms with E-state index in [2.05, 4.69) is 29.2 Å². The number of piperidine rings is 3. The average molecular weight is 466 g/mol. The van der Waals surface area contributed by atoms with E-state index in [1.54, 1.807) is 6.33 Å². The molecule has 0 spiro atoms. The van der Waals surface area contributed by atoms with Crippen LogP contribution in [0.5, 0.6) is 0 Å². The largest absolute Gasteiger partial charge is 0.354 e. The van der Waals surface area contributed by atoms with Gasteiger partial charge in [-0.3, -0.25) is 4.79 Å². The number of nitrogens with zero attached hydrogens (tertiary/aromatic N) is 7. The zero-order valence-corrected chi connectivity index (χ0v) is 20.5. The molecule has 3 fully saturated rings. The smallest absolute Gasteiger partial charge is 0.227 e. The molecule has 1 atom stereocenters. The van der Waals surface area contributed by atoms with Crippen molar-refractivity contribution in [1.82, 2.24) is 29.3 Å². The highest BCUT2D eigenvalue weighted by Crippen LogP contribution is 2.30. The van der Waals surface area contributed by atoms with Gasteiger partial charge in [-0.05, 0) is 64.5 Å². The molecule has 2 aromatic rings. The van der Waals surface area contributed by atoms with Gasteiger partial charge in [0.25, 0.3) is 0 Å². The van der Waals surface area contributed by atoms with Gasteiger partial charge >= 0.3 is 0 Å². The second kappa shape index (κ2) is 9.80. The Kier molecular flexibility index (Phi) is 6.41. The first-order chi connectivity index (χ1) is 16.8. The topological polar surface area (TPSA) is 70.4 Å². The van der Waals surface area contributed by atoms with Crippen molar-refractivity contribution in [3.8, 4) is 0 Å². The number of fused-ring (bicyclic) bond motifs is 3. The van der Waals surface area contributed by atoms with Gasteiger partial charge in [0.2, 0.25) is 5.91 Å². The van der Waals surface area contributed by atoms with E-state index < -0.39 is 0 Å². The number of anilines is 1. The summed E-state index contributed by atoms with van der Waals surface area (Å²) in [6.07, 6.45) is 14.7. The maximum Gasteiger partial charge on any atom is 0.227 e. The van der Waals surface area contributed by atoms with Crippen molar-refractivity contribution in [3.05, 3.63) is 12.2 Å². The molecule has 2 aromatic heterocycles. The summed E-state index contributed by atoms with van der Waals surface area (Å²) in [4.78, 5) is 34.9. The van der Waals surface area contributed by atoms with Gasteiger partial charge in [0.1, 0.15) is 12.2 Å². The van der Waals surface area contributed by atoms with Crippen LogP contribution in [0.2, 0.25) is 0 Å². The van der Waals surface area contributed by atoms with Crippen molar-refractivity contribution in [3.63, 3.8) is 0 Å². The number of amides is 1. The maximum atomic E-state index is 13.5. The van der Waals surface area contributed by atoms with Crippen LogP contribution in [0.25, 0.3) is 11.2 Å². The summed E-state index contributed by atoms with van der Waals surface area (Å²) in [6.45, 7) is 7.03. The molecule has 0 N–H and O–H groups in total. The van der Waals surface area contributed by atoms with Crippen LogP contribution in [-0.2, 0) is 17.8 Å². The monoisotopic (exact) mass is 465 g/mol. The van der Waals surface area contributed by atoms with E-state index in [1.807, 2.05) is 0 Å². The summed E-state index contributed by atoms with van der Waals surface area (Å²) in [5, 5.41) is 0. The van der Waals surface area contributed by atoms with Crippen molar-refractivity contribution < 1.29 is 4.79 Å². The van der Waals surface area contributed by atoms with Gasteiger partial charge in [0.05, 0.1) is 5.92 Å². The van der Waals surface area contributed by atoms with Crippen LogP contribution in [0.15, 0.2) is 6.33 Å². The standard InChI is InChI=1S/C26H39N7O/c34-26(31-16-10-21(11-17-31)30-12-4-2-5-13-30)20-8-7-14-32(18-20)24-23-25(28-19-27-24)33-15-6-1-3-9-22(33)29-23/h19-21H,1-18H2/t20-/m0/s1. The molecule has 0 saturated carbocycles. The van der Waals surface area contributed by atoms with E-state index in [1.165, 1.54) is 51.6 Å². The number of carbonyl (C=O) groups is 1. The molecule has 0 aliphatic carbocycles. The molecule has 6 rings (SSSR count). The quantitative estimate of drug-likeness (QED) is 0.693. The Hall–Kier alpha value is -2.22. The predicted molar refractivity (Wildman–Crippen MR) is 133 cm³/mol. The minimum absolute atomic E-state index is 0.0609. The zero-order valence-electron chi connectivity index (χ0n) is 20.5. The molecule has 8 nitrogen and oxygen atoms in total. The molecule has 0 bridgehead atoms. The summed E-state index contributed by atoms with van der Waals surface area (Å²) >= 11 is 0. The average Bonchev–Trinajstić information content (AvgIpc) is 3.09. The molecule has 4 aliphatic rings. The van der Waals surface area contributed by atoms with Crippen LogP contribution in [-0.4, -0.2) is 80.5 Å². The van der Waals surface area contributed by atoms with Crippen LogP contribution in [0, 0.1) is 5.92 Å². The summed E-state index contributed by atoms with van der Waals surface area (Å²) < 4.78 is 2.30. The van der Waals surface area contributed by atoms with Gasteiger partial charge in [-0.2, -0.15) is 0 Å². The molecular formula is C26H39N7O. The summed E-state index contributed by atoms with van der Waals surface area (Å²) in [6, 6.07) is 0.678. The van der Waals surface area contributed by atoms with Crippen LogP contribution in [0.4, 0.5) is 5.82 Å². The van der Waals surface area contributed by atoms with Gasteiger partial charge in [-0.15, -0.1) is 0 Å². The Labute approximate surface area is 202 Å². The molecule has 1 amide bonds. The van der Waals surface area contributed by atoms with Crippen molar-refractivity contribution in [2.45, 2.75) is 83.2 Å². The lowest BCUT2D eigenvalue weighted by Gasteiger charge is -2.42. The molecule has 34 heavy (non-hydrogen) atoms. The molecule has 0 radical (unpaired) electrons. The molecule has 4 aliphatic heterocycles. The molecule has 8 heteroatoms. The van der Waals surface area contributed by atoms with E-state index in [0.29, 0.717) is 11.9 Å². The normalized spacial score (nSPS) is 25.4. The Morgan fingerprint density at radius 1 is 0.824 bits per heavy atom. The van der Waals surface area contributed by atoms with Gasteiger partial charge in [0, 0.05) is 45.2 Å². The van der Waals surface area contributed by atoms with E-state index in [-0.39, 0.29) is 5.92 Å². The second-order valence-corrected chi connectivity index (χ2v) is 10.8. The number of rotatable bonds is 3. The first-order valence-electron chi connectivity index (χ1n) is 13.8. The number of imidazole rings is 1. The third kappa shape index (κ3) is 4.30. The Morgan fingerprint density at radius 2 is 1.62 bits per heavy atom. The van der Waals surface area contributed by atoms with Gasteiger partial charge in [-0.25, -0.2) is 15.0 Å². The van der Waals surface area contributed by atoms with Gasteiger partial charge in [0.15, 0.2) is 17.0 Å². The molecule has 0 unspecified atom stereocenters.